The van der Waals surface area contributed by atoms with E-state index in [4.69, 9.17) is 4.74 Å². The van der Waals surface area contributed by atoms with Gasteiger partial charge in [0.25, 0.3) is 5.91 Å². The van der Waals surface area contributed by atoms with Gasteiger partial charge in [-0.2, -0.15) is 0 Å². The molecule has 2 saturated heterocycles. The summed E-state index contributed by atoms with van der Waals surface area (Å²) >= 11 is 1.57. The van der Waals surface area contributed by atoms with Crippen LogP contribution in [-0.4, -0.2) is 70.1 Å². The van der Waals surface area contributed by atoms with Crippen LogP contribution in [-0.2, 0) is 19.1 Å². The fourth-order valence-electron chi connectivity index (χ4n) is 6.14. The number of hydrogen-bond donors (Lipinski definition) is 1. The molecule has 0 saturated carbocycles. The van der Waals surface area contributed by atoms with E-state index in [9.17, 15) is 19.5 Å². The number of cyclic esters (lactones) is 1. The van der Waals surface area contributed by atoms with Crippen molar-refractivity contribution in [1.82, 2.24) is 4.90 Å². The number of aryl methyl sites for hydroxylation is 2. The van der Waals surface area contributed by atoms with Gasteiger partial charge in [-0.1, -0.05) is 36.4 Å². The summed E-state index contributed by atoms with van der Waals surface area (Å²) in [7, 11) is 0. The number of nitrogens with zero attached hydrogens (tertiary/aromatic N) is 2. The van der Waals surface area contributed by atoms with Crippen molar-refractivity contribution in [3.05, 3.63) is 53.6 Å². The van der Waals surface area contributed by atoms with Crippen molar-refractivity contribution in [2.45, 2.75) is 55.6 Å². The van der Waals surface area contributed by atoms with E-state index in [1.54, 1.807) is 21.6 Å². The van der Waals surface area contributed by atoms with E-state index in [-0.39, 0.29) is 29.6 Å². The molecular weight excluding hydrogens is 476 g/mol. The number of rotatable bonds is 6. The first kappa shape index (κ1) is 25.1. The molecule has 4 aliphatic heterocycles. The number of aliphatic hydroxyl groups excluding tert-OH is 1. The third kappa shape index (κ3) is 4.08. The van der Waals surface area contributed by atoms with Gasteiger partial charge in [-0.3, -0.25) is 14.4 Å². The van der Waals surface area contributed by atoms with Gasteiger partial charge in [0.15, 0.2) is 0 Å². The molecule has 192 valence electrons. The summed E-state index contributed by atoms with van der Waals surface area (Å²) in [6.45, 7) is 5.24. The Bertz CT molecular complexity index is 1120. The summed E-state index contributed by atoms with van der Waals surface area (Å²) in [6, 6.07) is 5.36. The highest BCUT2D eigenvalue weighted by atomic mass is 32.2. The predicted molar refractivity (Wildman–Crippen MR) is 140 cm³/mol. The minimum atomic E-state index is -0.833. The Hall–Kier alpha value is -2.58. The molecule has 7 nitrogen and oxygen atoms in total. The first-order chi connectivity index (χ1) is 17.4. The van der Waals surface area contributed by atoms with Gasteiger partial charge in [-0.25, -0.2) is 0 Å². The lowest BCUT2D eigenvalue weighted by molar-refractivity contribution is -0.153. The van der Waals surface area contributed by atoms with Crippen molar-refractivity contribution in [2.24, 2.45) is 11.8 Å². The number of unbranched alkanes of at least 4 members (excludes halogenated alkanes) is 2. The molecule has 0 bridgehead atoms. The number of anilines is 1. The number of ether oxygens (including phenoxy) is 1. The lowest BCUT2D eigenvalue weighted by Crippen LogP contribution is -2.53. The zero-order chi connectivity index (χ0) is 25.4. The number of likely N-dealkylation sites (tertiary alicyclic amines) is 1. The SMILES string of the molecule is Cc1ccc(C)c(N2CC=C[C@]34S[C@H]5C=CCCOC(=O)[C@H]5[C@H]3C(=O)N(CCCCCO)C4C2=O)c1. The largest absolute Gasteiger partial charge is 0.465 e. The average molecular weight is 511 g/mol. The van der Waals surface area contributed by atoms with Crippen LogP contribution in [0.5, 0.6) is 0 Å². The van der Waals surface area contributed by atoms with Crippen molar-refractivity contribution in [3.63, 3.8) is 0 Å². The van der Waals surface area contributed by atoms with E-state index >= 15 is 0 Å². The van der Waals surface area contributed by atoms with Crippen LogP contribution < -0.4 is 4.90 Å². The second-order valence-electron chi connectivity index (χ2n) is 10.2. The minimum Gasteiger partial charge on any atom is -0.465 e. The lowest BCUT2D eigenvalue weighted by Gasteiger charge is -2.35. The Kier molecular flexibility index (Phi) is 7.01. The highest BCUT2D eigenvalue weighted by molar-refractivity contribution is 8.02. The van der Waals surface area contributed by atoms with Gasteiger partial charge in [-0.05, 0) is 56.7 Å². The molecule has 5 rings (SSSR count). The van der Waals surface area contributed by atoms with Crippen molar-refractivity contribution < 1.29 is 24.2 Å². The molecule has 8 heteroatoms. The van der Waals surface area contributed by atoms with Gasteiger partial charge in [0.05, 0.1) is 23.2 Å². The average Bonchev–Trinajstić information content (AvgIpc) is 3.22. The Morgan fingerprint density at radius 2 is 1.94 bits per heavy atom. The maximum absolute atomic E-state index is 14.4. The van der Waals surface area contributed by atoms with Gasteiger partial charge in [0.1, 0.15) is 6.04 Å². The van der Waals surface area contributed by atoms with E-state index in [2.05, 4.69) is 0 Å². The summed E-state index contributed by atoms with van der Waals surface area (Å²) < 4.78 is 4.70. The molecule has 1 aromatic carbocycles. The number of amides is 2. The Morgan fingerprint density at radius 1 is 1.11 bits per heavy atom. The molecule has 1 N–H and O–H groups in total. The van der Waals surface area contributed by atoms with Crippen LogP contribution in [0.3, 0.4) is 0 Å². The molecule has 0 radical (unpaired) electrons. The van der Waals surface area contributed by atoms with Gasteiger partial charge < -0.3 is 19.6 Å². The number of aliphatic hydroxyl groups is 1. The number of hydrogen-bond acceptors (Lipinski definition) is 6. The highest BCUT2D eigenvalue weighted by Gasteiger charge is 2.70. The summed E-state index contributed by atoms with van der Waals surface area (Å²) in [5.74, 6) is -1.86. The van der Waals surface area contributed by atoms with Crippen LogP contribution in [0.2, 0.25) is 0 Å². The highest BCUT2D eigenvalue weighted by Crippen LogP contribution is 2.61. The van der Waals surface area contributed by atoms with Crippen LogP contribution in [0.25, 0.3) is 0 Å². The fourth-order valence-corrected chi connectivity index (χ4v) is 8.15. The predicted octanol–water partition coefficient (Wildman–Crippen LogP) is 3.17. The van der Waals surface area contributed by atoms with Crippen molar-refractivity contribution in [3.8, 4) is 0 Å². The third-order valence-corrected chi connectivity index (χ3v) is 9.58. The minimum absolute atomic E-state index is 0.101. The zero-order valence-electron chi connectivity index (χ0n) is 20.9. The number of carbonyl (C=O) groups is 3. The summed E-state index contributed by atoms with van der Waals surface area (Å²) in [6.07, 6.45) is 10.8. The standard InChI is InChI=1S/C28H34N2O5S/c1-18-10-11-19(2)20(17-18)29-14-8-12-28-23(22-21(36-28)9-4-7-16-35-27(22)34)25(32)30(24(28)26(29)33)13-5-3-6-15-31/h4,8-12,17,21-24,31H,3,5-7,13-16H2,1-2H3/t21-,22+,23-,24?,28-/m0/s1. The smallest absolute Gasteiger partial charge is 0.311 e. The molecule has 1 unspecified atom stereocenters. The molecular formula is C28H34N2O5S. The molecule has 5 atom stereocenters. The van der Waals surface area contributed by atoms with Crippen LogP contribution in [0.15, 0.2) is 42.5 Å². The number of fused-ring (bicyclic) bond motifs is 2. The number of carbonyl (C=O) groups excluding carboxylic acids is 3. The van der Waals surface area contributed by atoms with Gasteiger partial charge >= 0.3 is 5.97 Å². The van der Waals surface area contributed by atoms with E-state index in [1.165, 1.54) is 0 Å². The van der Waals surface area contributed by atoms with Crippen LogP contribution in [0.4, 0.5) is 5.69 Å². The van der Waals surface area contributed by atoms with Crippen LogP contribution in [0.1, 0.15) is 36.8 Å². The van der Waals surface area contributed by atoms with Gasteiger partial charge in [-0.15, -0.1) is 11.8 Å². The fraction of sp³-hybridized carbons (Fsp3) is 0.536. The van der Waals surface area contributed by atoms with Crippen molar-refractivity contribution in [2.75, 3.05) is 31.2 Å². The van der Waals surface area contributed by atoms with E-state index in [0.29, 0.717) is 39.0 Å². The van der Waals surface area contributed by atoms with Crippen LogP contribution in [0, 0.1) is 25.7 Å². The summed E-state index contributed by atoms with van der Waals surface area (Å²) in [4.78, 5) is 45.1. The van der Waals surface area contributed by atoms with Crippen molar-refractivity contribution >= 4 is 35.2 Å². The molecule has 1 spiro atoms. The molecule has 1 aromatic rings. The molecule has 2 fully saturated rings. The maximum Gasteiger partial charge on any atom is 0.311 e. The topological polar surface area (TPSA) is 87.2 Å². The Balaban J connectivity index is 1.58. The van der Waals surface area contributed by atoms with Crippen molar-refractivity contribution in [1.29, 1.82) is 0 Å². The quantitative estimate of drug-likeness (QED) is 0.359. The molecule has 2 amide bonds. The van der Waals surface area contributed by atoms with Crippen LogP contribution >= 0.6 is 11.8 Å². The first-order valence-electron chi connectivity index (χ1n) is 12.9. The lowest BCUT2D eigenvalue weighted by atomic mass is 9.78. The Morgan fingerprint density at radius 3 is 2.75 bits per heavy atom. The summed E-state index contributed by atoms with van der Waals surface area (Å²) in [5.41, 5.74) is 2.92. The normalized spacial score (nSPS) is 31.5. The van der Waals surface area contributed by atoms with Gasteiger partial charge in [0.2, 0.25) is 5.91 Å². The number of benzene rings is 1. The van der Waals surface area contributed by atoms with E-state index < -0.39 is 22.6 Å². The third-order valence-electron chi connectivity index (χ3n) is 7.83. The number of esters is 1. The molecule has 4 heterocycles. The second-order valence-corrected chi connectivity index (χ2v) is 11.7. The number of thioether (sulfide) groups is 1. The second kappa shape index (κ2) is 10.1. The van der Waals surface area contributed by atoms with E-state index in [0.717, 1.165) is 23.2 Å². The maximum atomic E-state index is 14.4. The molecule has 0 aliphatic carbocycles. The summed E-state index contributed by atoms with van der Waals surface area (Å²) in [5, 5.41) is 9.00. The molecule has 36 heavy (non-hydrogen) atoms. The monoisotopic (exact) mass is 510 g/mol. The first-order valence-corrected chi connectivity index (χ1v) is 13.8. The molecule has 4 aliphatic rings. The molecule has 0 aromatic heterocycles. The Labute approximate surface area is 216 Å². The zero-order valence-corrected chi connectivity index (χ0v) is 21.7. The van der Waals surface area contributed by atoms with Gasteiger partial charge in [0, 0.05) is 30.6 Å². The van der Waals surface area contributed by atoms with E-state index in [1.807, 2.05) is 56.4 Å².